The minimum absolute atomic E-state index is 0.0247. The second-order valence-electron chi connectivity index (χ2n) is 5.32. The Kier molecular flexibility index (Phi) is 4.18. The zero-order valence-corrected chi connectivity index (χ0v) is 11.6. The van der Waals surface area contributed by atoms with Gasteiger partial charge in [0.15, 0.2) is 0 Å². The first-order valence-electron chi connectivity index (χ1n) is 7.30. The van der Waals surface area contributed by atoms with E-state index in [0.29, 0.717) is 13.2 Å². The van der Waals surface area contributed by atoms with E-state index in [4.69, 9.17) is 4.74 Å². The summed E-state index contributed by atoms with van der Waals surface area (Å²) in [6.07, 6.45) is 2.50. The lowest BCUT2D eigenvalue weighted by Crippen LogP contribution is -2.48. The van der Waals surface area contributed by atoms with Gasteiger partial charge in [-0.3, -0.25) is 4.79 Å². The molecular formula is C15H21N3O2. The van der Waals surface area contributed by atoms with Crippen molar-refractivity contribution in [3.63, 3.8) is 0 Å². The van der Waals surface area contributed by atoms with E-state index >= 15 is 0 Å². The van der Waals surface area contributed by atoms with Crippen LogP contribution in [0.1, 0.15) is 12.8 Å². The molecule has 0 spiro atoms. The highest BCUT2D eigenvalue weighted by Crippen LogP contribution is 2.23. The lowest BCUT2D eigenvalue weighted by atomic mass is 10.2. The van der Waals surface area contributed by atoms with E-state index in [1.165, 1.54) is 18.5 Å². The van der Waals surface area contributed by atoms with Crippen LogP contribution in [-0.2, 0) is 9.53 Å². The molecule has 0 bridgehead atoms. The molecule has 1 aromatic rings. The number of carbonyl (C=O) groups excluding carboxylic acids is 1. The molecule has 2 heterocycles. The molecule has 1 unspecified atom stereocenters. The molecule has 5 heteroatoms. The second-order valence-corrected chi connectivity index (χ2v) is 5.32. The van der Waals surface area contributed by atoms with Crippen molar-refractivity contribution in [3.05, 3.63) is 24.3 Å². The van der Waals surface area contributed by atoms with E-state index in [-0.39, 0.29) is 11.9 Å². The molecule has 2 saturated heterocycles. The van der Waals surface area contributed by atoms with Crippen molar-refractivity contribution in [2.24, 2.45) is 0 Å². The number of nitrogens with one attached hydrogen (secondary N) is 2. The molecule has 1 amide bonds. The normalized spacial score (nSPS) is 22.8. The van der Waals surface area contributed by atoms with Gasteiger partial charge < -0.3 is 20.3 Å². The fourth-order valence-electron chi connectivity index (χ4n) is 2.72. The highest BCUT2D eigenvalue weighted by atomic mass is 16.5. The summed E-state index contributed by atoms with van der Waals surface area (Å²) in [5.74, 6) is -0.0247. The van der Waals surface area contributed by atoms with Crippen LogP contribution >= 0.6 is 0 Å². The summed E-state index contributed by atoms with van der Waals surface area (Å²) in [6, 6.07) is 7.82. The van der Waals surface area contributed by atoms with Crippen LogP contribution in [-0.4, -0.2) is 44.8 Å². The third-order valence-corrected chi connectivity index (χ3v) is 3.82. The van der Waals surface area contributed by atoms with Gasteiger partial charge in [-0.15, -0.1) is 0 Å². The maximum atomic E-state index is 12.1. The van der Waals surface area contributed by atoms with Crippen LogP contribution in [0.15, 0.2) is 24.3 Å². The van der Waals surface area contributed by atoms with Gasteiger partial charge in [0, 0.05) is 31.0 Å². The first kappa shape index (κ1) is 13.4. The number of ether oxygens (including phenoxy) is 1. The number of anilines is 2. The van der Waals surface area contributed by atoms with Gasteiger partial charge in [-0.25, -0.2) is 0 Å². The fraction of sp³-hybridized carbons (Fsp3) is 0.533. The average molecular weight is 275 g/mol. The molecule has 1 aromatic carbocycles. The molecule has 0 radical (unpaired) electrons. The van der Waals surface area contributed by atoms with Crippen LogP contribution < -0.4 is 15.5 Å². The van der Waals surface area contributed by atoms with Gasteiger partial charge in [0.2, 0.25) is 5.91 Å². The summed E-state index contributed by atoms with van der Waals surface area (Å²) in [6.45, 7) is 4.06. The predicted octanol–water partition coefficient (Wildman–Crippen LogP) is 1.21. The molecule has 20 heavy (non-hydrogen) atoms. The molecule has 1 atom stereocenters. The first-order valence-corrected chi connectivity index (χ1v) is 7.30. The zero-order valence-electron chi connectivity index (χ0n) is 11.6. The van der Waals surface area contributed by atoms with Gasteiger partial charge >= 0.3 is 0 Å². The van der Waals surface area contributed by atoms with E-state index in [2.05, 4.69) is 21.6 Å². The number of hydrogen-bond acceptors (Lipinski definition) is 4. The topological polar surface area (TPSA) is 53.6 Å². The summed E-state index contributed by atoms with van der Waals surface area (Å²) in [5.41, 5.74) is 2.04. The smallest absolute Gasteiger partial charge is 0.243 e. The third kappa shape index (κ3) is 3.11. The maximum absolute atomic E-state index is 12.1. The van der Waals surface area contributed by atoms with Crippen LogP contribution in [0.3, 0.4) is 0 Å². The van der Waals surface area contributed by atoms with Crippen LogP contribution in [0.2, 0.25) is 0 Å². The summed E-state index contributed by atoms with van der Waals surface area (Å²) in [7, 11) is 0. The first-order chi connectivity index (χ1) is 9.83. The Hall–Kier alpha value is -1.59. The molecule has 0 saturated carbocycles. The summed E-state index contributed by atoms with van der Waals surface area (Å²) >= 11 is 0. The number of hydrogen-bond donors (Lipinski definition) is 2. The van der Waals surface area contributed by atoms with Gasteiger partial charge in [-0.05, 0) is 31.0 Å². The van der Waals surface area contributed by atoms with E-state index in [0.717, 1.165) is 25.3 Å². The minimum atomic E-state index is -0.251. The lowest BCUT2D eigenvalue weighted by Gasteiger charge is -2.23. The second kappa shape index (κ2) is 6.24. The van der Waals surface area contributed by atoms with E-state index in [9.17, 15) is 4.79 Å². The van der Waals surface area contributed by atoms with Gasteiger partial charge in [-0.1, -0.05) is 6.07 Å². The lowest BCUT2D eigenvalue weighted by molar-refractivity contribution is -0.120. The van der Waals surface area contributed by atoms with E-state index in [1.807, 2.05) is 18.2 Å². The standard InChI is InChI=1S/C15H21N3O2/c19-15(14-11-20-9-6-16-14)17-12-4-3-5-13(10-12)18-7-1-2-8-18/h3-5,10,14,16H,1-2,6-9,11H2,(H,17,19). The number of rotatable bonds is 3. The molecule has 3 rings (SSSR count). The van der Waals surface area contributed by atoms with Gasteiger partial charge in [-0.2, -0.15) is 0 Å². The molecule has 2 aliphatic heterocycles. The minimum Gasteiger partial charge on any atom is -0.378 e. The fourth-order valence-corrected chi connectivity index (χ4v) is 2.72. The number of amides is 1. The Morgan fingerprint density at radius 3 is 2.95 bits per heavy atom. The van der Waals surface area contributed by atoms with Crippen LogP contribution in [0.25, 0.3) is 0 Å². The Morgan fingerprint density at radius 1 is 1.35 bits per heavy atom. The Morgan fingerprint density at radius 2 is 2.20 bits per heavy atom. The van der Waals surface area contributed by atoms with Crippen molar-refractivity contribution >= 4 is 17.3 Å². The van der Waals surface area contributed by atoms with Crippen LogP contribution in [0.5, 0.6) is 0 Å². The molecule has 5 nitrogen and oxygen atoms in total. The van der Waals surface area contributed by atoms with Crippen molar-refractivity contribution in [1.82, 2.24) is 5.32 Å². The zero-order chi connectivity index (χ0) is 13.8. The average Bonchev–Trinajstić information content (AvgIpc) is 3.03. The molecule has 2 fully saturated rings. The van der Waals surface area contributed by atoms with Crippen LogP contribution in [0.4, 0.5) is 11.4 Å². The molecular weight excluding hydrogens is 254 g/mol. The molecule has 108 valence electrons. The number of carbonyl (C=O) groups is 1. The maximum Gasteiger partial charge on any atom is 0.243 e. The summed E-state index contributed by atoms with van der Waals surface area (Å²) in [4.78, 5) is 14.5. The Bertz CT molecular complexity index is 466. The summed E-state index contributed by atoms with van der Waals surface area (Å²) < 4.78 is 5.31. The van der Waals surface area contributed by atoms with Crippen molar-refractivity contribution in [2.45, 2.75) is 18.9 Å². The number of nitrogens with zero attached hydrogens (tertiary/aromatic N) is 1. The van der Waals surface area contributed by atoms with E-state index in [1.54, 1.807) is 0 Å². The molecule has 2 N–H and O–H groups in total. The highest BCUT2D eigenvalue weighted by Gasteiger charge is 2.21. The van der Waals surface area contributed by atoms with Gasteiger partial charge in [0.05, 0.1) is 13.2 Å². The number of morpholine rings is 1. The summed E-state index contributed by atoms with van der Waals surface area (Å²) in [5, 5.41) is 6.13. The largest absolute Gasteiger partial charge is 0.378 e. The molecule has 0 aromatic heterocycles. The predicted molar refractivity (Wildman–Crippen MR) is 79.1 cm³/mol. The Labute approximate surface area is 119 Å². The monoisotopic (exact) mass is 275 g/mol. The highest BCUT2D eigenvalue weighted by molar-refractivity contribution is 5.95. The van der Waals surface area contributed by atoms with Gasteiger partial charge in [0.1, 0.15) is 6.04 Å². The Balaban J connectivity index is 1.64. The molecule has 0 aliphatic carbocycles. The van der Waals surface area contributed by atoms with Crippen molar-refractivity contribution in [3.8, 4) is 0 Å². The SMILES string of the molecule is O=C(Nc1cccc(N2CCCC2)c1)C1COCCN1. The van der Waals surface area contributed by atoms with Crippen molar-refractivity contribution in [1.29, 1.82) is 0 Å². The van der Waals surface area contributed by atoms with Crippen molar-refractivity contribution in [2.75, 3.05) is 43.1 Å². The number of benzene rings is 1. The molecule has 2 aliphatic rings. The third-order valence-electron chi connectivity index (χ3n) is 3.82. The van der Waals surface area contributed by atoms with Crippen molar-refractivity contribution < 1.29 is 9.53 Å². The van der Waals surface area contributed by atoms with Gasteiger partial charge in [0.25, 0.3) is 0 Å². The van der Waals surface area contributed by atoms with E-state index < -0.39 is 0 Å². The van der Waals surface area contributed by atoms with Crippen LogP contribution in [0, 0.1) is 0 Å². The quantitative estimate of drug-likeness (QED) is 0.871.